The number of ketones is 2. The van der Waals surface area contributed by atoms with Crippen LogP contribution in [0.2, 0.25) is 0 Å². The van der Waals surface area contributed by atoms with Gasteiger partial charge in [0, 0.05) is 23.8 Å². The van der Waals surface area contributed by atoms with Crippen molar-refractivity contribution in [2.45, 2.75) is 44.3 Å². The predicted molar refractivity (Wildman–Crippen MR) is 123 cm³/mol. The molecule has 35 heavy (non-hydrogen) atoms. The van der Waals surface area contributed by atoms with E-state index in [1.54, 1.807) is 6.07 Å². The molecular formula is C24H29N3O8. The number of amides is 2. The van der Waals surface area contributed by atoms with Crippen molar-refractivity contribution < 1.29 is 39.6 Å². The summed E-state index contributed by atoms with van der Waals surface area (Å²) >= 11 is 0. The van der Waals surface area contributed by atoms with Crippen LogP contribution in [0.1, 0.15) is 37.3 Å². The number of aromatic hydroxyl groups is 1. The Balaban J connectivity index is 1.78. The number of hydrogen-bond acceptors (Lipinski definition) is 9. The standard InChI is InChI=1S/C24H29N3O8/c1-2-5-26-9-16(30)27-14-4-3-10-6-12-18(23(25)34)13-7-11(28)8-15(29)24(13,35)22(33)19(12)21(32)17(10)20(14)31/h3-4,11-13,18,26,28,31-32,35H,2,5-9H2,1H3,(H2,25,34)(H,27,30). The van der Waals surface area contributed by atoms with E-state index in [0.717, 1.165) is 6.42 Å². The fourth-order valence-electron chi connectivity index (χ4n) is 5.68. The van der Waals surface area contributed by atoms with Gasteiger partial charge in [-0.2, -0.15) is 0 Å². The summed E-state index contributed by atoms with van der Waals surface area (Å²) in [5.74, 6) is -7.92. The highest BCUT2D eigenvalue weighted by Crippen LogP contribution is 2.53. The second kappa shape index (κ2) is 9.06. The fourth-order valence-corrected chi connectivity index (χ4v) is 5.68. The minimum absolute atomic E-state index is 0.000666. The number of nitrogens with two attached hydrogens (primary N) is 1. The van der Waals surface area contributed by atoms with Crippen molar-refractivity contribution in [2.24, 2.45) is 23.5 Å². The van der Waals surface area contributed by atoms with Crippen molar-refractivity contribution in [2.75, 3.05) is 18.4 Å². The lowest BCUT2D eigenvalue weighted by Crippen LogP contribution is -2.66. The lowest BCUT2D eigenvalue weighted by Gasteiger charge is -2.50. The van der Waals surface area contributed by atoms with Crippen LogP contribution in [-0.4, -0.2) is 68.6 Å². The second-order valence-electron chi connectivity index (χ2n) is 9.44. The lowest BCUT2D eigenvalue weighted by molar-refractivity contribution is -0.173. The molecule has 1 aromatic rings. The Kier molecular flexibility index (Phi) is 6.43. The molecule has 0 heterocycles. The largest absolute Gasteiger partial charge is 0.507 e. The van der Waals surface area contributed by atoms with Crippen LogP contribution in [0.5, 0.6) is 5.75 Å². The molecule has 188 valence electrons. The molecular weight excluding hydrogens is 458 g/mol. The molecule has 0 spiro atoms. The van der Waals surface area contributed by atoms with E-state index in [1.807, 2.05) is 6.92 Å². The summed E-state index contributed by atoms with van der Waals surface area (Å²) in [4.78, 5) is 50.9. The minimum atomic E-state index is -2.62. The zero-order chi connectivity index (χ0) is 25.7. The van der Waals surface area contributed by atoms with Gasteiger partial charge in [0.15, 0.2) is 11.4 Å². The van der Waals surface area contributed by atoms with E-state index in [0.29, 0.717) is 12.1 Å². The number of carbonyl (C=O) groups is 4. The summed E-state index contributed by atoms with van der Waals surface area (Å²) in [5, 5.41) is 48.8. The summed E-state index contributed by atoms with van der Waals surface area (Å²) in [6, 6.07) is 2.99. The third-order valence-corrected chi connectivity index (χ3v) is 7.25. The number of Topliss-reactive ketones (excluding diaryl/α,β-unsaturated/α-hetero) is 2. The molecule has 11 heteroatoms. The van der Waals surface area contributed by atoms with E-state index >= 15 is 0 Å². The Morgan fingerprint density at radius 2 is 1.91 bits per heavy atom. The van der Waals surface area contributed by atoms with Crippen LogP contribution >= 0.6 is 0 Å². The van der Waals surface area contributed by atoms with Crippen LogP contribution in [0.15, 0.2) is 17.7 Å². The Morgan fingerprint density at radius 1 is 1.20 bits per heavy atom. The van der Waals surface area contributed by atoms with E-state index in [9.17, 15) is 39.6 Å². The lowest BCUT2D eigenvalue weighted by atomic mass is 9.53. The fraction of sp³-hybridized carbons (Fsp3) is 0.500. The number of benzene rings is 1. The maximum Gasteiger partial charge on any atom is 0.238 e. The van der Waals surface area contributed by atoms with Crippen LogP contribution in [0.4, 0.5) is 5.69 Å². The second-order valence-corrected chi connectivity index (χ2v) is 9.44. The number of phenols is 1. The first-order chi connectivity index (χ1) is 16.5. The molecule has 5 unspecified atom stereocenters. The zero-order valence-corrected chi connectivity index (χ0v) is 19.2. The van der Waals surface area contributed by atoms with Gasteiger partial charge in [-0.25, -0.2) is 0 Å². The summed E-state index contributed by atoms with van der Waals surface area (Å²) in [7, 11) is 0. The van der Waals surface area contributed by atoms with Crippen LogP contribution in [0.25, 0.3) is 5.76 Å². The number of primary amides is 1. The van der Waals surface area contributed by atoms with Gasteiger partial charge in [-0.05, 0) is 37.4 Å². The topological polar surface area (TPSA) is 199 Å². The molecule has 2 fully saturated rings. The molecule has 3 aliphatic rings. The van der Waals surface area contributed by atoms with Crippen molar-refractivity contribution in [1.82, 2.24) is 5.32 Å². The third-order valence-electron chi connectivity index (χ3n) is 7.25. The number of nitrogens with one attached hydrogen (secondary N) is 2. The Labute approximate surface area is 201 Å². The quantitative estimate of drug-likeness (QED) is 0.157. The zero-order valence-electron chi connectivity index (χ0n) is 19.2. The molecule has 11 nitrogen and oxygen atoms in total. The SMILES string of the molecule is CCCNCC(=O)Nc1ccc2c(c1O)C(O)=C1C(=O)C3(O)C(=O)CC(O)CC3C(C(N)=O)C1C2. The maximum atomic E-state index is 13.5. The Morgan fingerprint density at radius 3 is 2.57 bits per heavy atom. The van der Waals surface area contributed by atoms with Gasteiger partial charge in [0.2, 0.25) is 17.6 Å². The predicted octanol–water partition coefficient (Wildman–Crippen LogP) is -0.473. The number of hydrogen-bond donors (Lipinski definition) is 7. The molecule has 5 atom stereocenters. The monoisotopic (exact) mass is 487 g/mol. The molecule has 4 rings (SSSR count). The molecule has 8 N–H and O–H groups in total. The summed E-state index contributed by atoms with van der Waals surface area (Å²) in [5.41, 5.74) is 2.91. The molecule has 2 saturated carbocycles. The molecule has 0 aliphatic heterocycles. The van der Waals surface area contributed by atoms with Crippen LogP contribution in [-0.2, 0) is 25.6 Å². The van der Waals surface area contributed by atoms with Crippen LogP contribution < -0.4 is 16.4 Å². The van der Waals surface area contributed by atoms with Gasteiger partial charge in [-0.1, -0.05) is 13.0 Å². The van der Waals surface area contributed by atoms with Crippen molar-refractivity contribution in [1.29, 1.82) is 0 Å². The molecule has 0 radical (unpaired) electrons. The van der Waals surface area contributed by atoms with Gasteiger partial charge in [0.25, 0.3) is 0 Å². The van der Waals surface area contributed by atoms with Gasteiger partial charge in [0.1, 0.15) is 11.5 Å². The van der Waals surface area contributed by atoms with Crippen LogP contribution in [0, 0.1) is 17.8 Å². The average molecular weight is 488 g/mol. The summed E-state index contributed by atoms with van der Waals surface area (Å²) in [6.45, 7) is 2.57. The number of aliphatic hydroxyl groups excluding tert-OH is 2. The maximum absolute atomic E-state index is 13.5. The molecule has 0 bridgehead atoms. The number of rotatable bonds is 6. The van der Waals surface area contributed by atoms with Crippen molar-refractivity contribution >= 4 is 34.8 Å². The number of anilines is 1. The highest BCUT2D eigenvalue weighted by atomic mass is 16.3. The van der Waals surface area contributed by atoms with Gasteiger partial charge in [-0.3, -0.25) is 19.2 Å². The first-order valence-corrected chi connectivity index (χ1v) is 11.6. The van der Waals surface area contributed by atoms with Crippen molar-refractivity contribution in [3.8, 4) is 5.75 Å². The third kappa shape index (κ3) is 3.89. The van der Waals surface area contributed by atoms with Gasteiger partial charge < -0.3 is 36.8 Å². The molecule has 3 aliphatic carbocycles. The Bertz CT molecular complexity index is 1150. The number of carbonyl (C=O) groups excluding carboxylic acids is 4. The van der Waals surface area contributed by atoms with E-state index < -0.39 is 70.8 Å². The number of aliphatic hydroxyl groups is 3. The minimum Gasteiger partial charge on any atom is -0.507 e. The van der Waals surface area contributed by atoms with E-state index in [4.69, 9.17) is 5.73 Å². The van der Waals surface area contributed by atoms with E-state index in [-0.39, 0.29) is 36.2 Å². The van der Waals surface area contributed by atoms with Crippen molar-refractivity contribution in [3.05, 3.63) is 28.8 Å². The van der Waals surface area contributed by atoms with Crippen LogP contribution in [0.3, 0.4) is 0 Å². The Hall–Kier alpha value is -3.28. The number of fused-ring (bicyclic) bond motifs is 3. The first-order valence-electron chi connectivity index (χ1n) is 11.6. The first kappa shape index (κ1) is 24.8. The summed E-state index contributed by atoms with van der Waals surface area (Å²) in [6.07, 6.45) is -0.965. The summed E-state index contributed by atoms with van der Waals surface area (Å²) < 4.78 is 0. The molecule has 1 aromatic carbocycles. The number of phenolic OH excluding ortho intramolecular Hbond substituents is 1. The van der Waals surface area contributed by atoms with Gasteiger partial charge >= 0.3 is 0 Å². The van der Waals surface area contributed by atoms with Gasteiger partial charge in [0.05, 0.1) is 29.8 Å². The van der Waals surface area contributed by atoms with E-state index in [1.165, 1.54) is 6.07 Å². The normalized spacial score (nSPS) is 29.8. The van der Waals surface area contributed by atoms with Gasteiger partial charge in [-0.15, -0.1) is 0 Å². The highest BCUT2D eigenvalue weighted by molar-refractivity contribution is 6.22. The highest BCUT2D eigenvalue weighted by Gasteiger charge is 2.65. The average Bonchev–Trinajstić information content (AvgIpc) is 2.78. The molecule has 0 aromatic heterocycles. The smallest absolute Gasteiger partial charge is 0.238 e. The molecule has 2 amide bonds. The van der Waals surface area contributed by atoms with Crippen molar-refractivity contribution in [3.63, 3.8) is 0 Å². The molecule has 0 saturated heterocycles. The van der Waals surface area contributed by atoms with E-state index in [2.05, 4.69) is 10.6 Å².